The fraction of sp³-hybridized carbons (Fsp3) is 0.133. The summed E-state index contributed by atoms with van der Waals surface area (Å²) in [6.07, 6.45) is 2.89. The number of nitrogens with zero attached hydrogens (tertiary/aromatic N) is 2. The van der Waals surface area contributed by atoms with Crippen molar-refractivity contribution in [1.29, 1.82) is 0 Å². The topological polar surface area (TPSA) is 27.1 Å². The molecule has 0 aliphatic carbocycles. The standard InChI is InChI=1S/C15H13N2O/c1-17-11-16-14-9-13(7-8-15(14)17)18-10-12-5-3-2-4-6-12/h2-9H,10H2,1H3. The third-order valence-corrected chi connectivity index (χ3v) is 2.88. The van der Waals surface area contributed by atoms with Gasteiger partial charge in [-0.2, -0.15) is 0 Å². The van der Waals surface area contributed by atoms with Crippen molar-refractivity contribution < 1.29 is 4.74 Å². The molecule has 0 saturated heterocycles. The van der Waals surface area contributed by atoms with Crippen LogP contribution in [0.5, 0.6) is 5.75 Å². The Bertz CT molecular complexity index is 659. The normalized spacial score (nSPS) is 10.7. The molecular weight excluding hydrogens is 224 g/mol. The van der Waals surface area contributed by atoms with Crippen molar-refractivity contribution in [1.82, 2.24) is 9.55 Å². The first kappa shape index (κ1) is 10.8. The number of benzene rings is 2. The second kappa shape index (κ2) is 4.53. The van der Waals surface area contributed by atoms with E-state index >= 15 is 0 Å². The van der Waals surface area contributed by atoms with E-state index in [-0.39, 0.29) is 0 Å². The van der Waals surface area contributed by atoms with Gasteiger partial charge in [0, 0.05) is 13.1 Å². The van der Waals surface area contributed by atoms with E-state index in [1.165, 1.54) is 0 Å². The highest BCUT2D eigenvalue weighted by molar-refractivity contribution is 5.76. The summed E-state index contributed by atoms with van der Waals surface area (Å²) in [7, 11) is 1.93. The Morgan fingerprint density at radius 1 is 1.17 bits per heavy atom. The molecule has 3 nitrogen and oxygen atoms in total. The Hall–Kier alpha value is -2.29. The summed E-state index contributed by atoms with van der Waals surface area (Å²) < 4.78 is 7.62. The Kier molecular flexibility index (Phi) is 2.73. The summed E-state index contributed by atoms with van der Waals surface area (Å²) in [5.74, 6) is 0.832. The van der Waals surface area contributed by atoms with Crippen molar-refractivity contribution in [2.45, 2.75) is 6.61 Å². The molecule has 0 fully saturated rings. The van der Waals surface area contributed by atoms with Crippen molar-refractivity contribution in [2.24, 2.45) is 7.05 Å². The maximum Gasteiger partial charge on any atom is 0.177 e. The number of imidazole rings is 1. The number of aryl methyl sites for hydroxylation is 1. The zero-order valence-corrected chi connectivity index (χ0v) is 10.1. The average molecular weight is 237 g/mol. The van der Waals surface area contributed by atoms with Crippen LogP contribution in [-0.2, 0) is 13.7 Å². The monoisotopic (exact) mass is 237 g/mol. The molecule has 0 amide bonds. The fourth-order valence-electron chi connectivity index (χ4n) is 1.89. The van der Waals surface area contributed by atoms with Gasteiger partial charge < -0.3 is 9.30 Å². The zero-order valence-electron chi connectivity index (χ0n) is 10.1. The van der Waals surface area contributed by atoms with Crippen molar-refractivity contribution in [3.05, 3.63) is 60.4 Å². The first-order chi connectivity index (χ1) is 8.83. The van der Waals surface area contributed by atoms with Crippen LogP contribution in [0.1, 0.15) is 5.56 Å². The van der Waals surface area contributed by atoms with E-state index in [0.29, 0.717) is 6.61 Å². The van der Waals surface area contributed by atoms with Gasteiger partial charge in [0.1, 0.15) is 12.4 Å². The number of ether oxygens (including phenoxy) is 1. The lowest BCUT2D eigenvalue weighted by atomic mass is 10.2. The third kappa shape index (κ3) is 2.07. The maximum absolute atomic E-state index is 5.75. The quantitative estimate of drug-likeness (QED) is 0.700. The largest absolute Gasteiger partial charge is 0.489 e. The number of fused-ring (bicyclic) bond motifs is 1. The Labute approximate surface area is 106 Å². The molecule has 0 spiro atoms. The molecule has 0 unspecified atom stereocenters. The van der Waals surface area contributed by atoms with E-state index in [9.17, 15) is 0 Å². The van der Waals surface area contributed by atoms with Crippen LogP contribution in [0.25, 0.3) is 11.0 Å². The highest BCUT2D eigenvalue weighted by Crippen LogP contribution is 2.19. The van der Waals surface area contributed by atoms with Gasteiger partial charge in [-0.05, 0) is 17.7 Å². The molecule has 0 atom stereocenters. The van der Waals surface area contributed by atoms with Gasteiger partial charge in [0.25, 0.3) is 0 Å². The molecule has 1 aromatic heterocycles. The van der Waals surface area contributed by atoms with Crippen LogP contribution in [0.2, 0.25) is 0 Å². The molecule has 89 valence electrons. The molecule has 0 bridgehead atoms. The van der Waals surface area contributed by atoms with Crippen LogP contribution < -0.4 is 4.74 Å². The minimum Gasteiger partial charge on any atom is -0.489 e. The lowest BCUT2D eigenvalue weighted by molar-refractivity contribution is 0.306. The molecule has 3 heteroatoms. The lowest BCUT2D eigenvalue weighted by Crippen LogP contribution is -1.94. The Balaban J connectivity index is 1.79. The van der Waals surface area contributed by atoms with Crippen molar-refractivity contribution in [2.75, 3.05) is 0 Å². The van der Waals surface area contributed by atoms with E-state index in [0.717, 1.165) is 22.3 Å². The van der Waals surface area contributed by atoms with E-state index in [1.807, 2.05) is 60.1 Å². The highest BCUT2D eigenvalue weighted by atomic mass is 16.5. The second-order valence-corrected chi connectivity index (χ2v) is 4.20. The number of rotatable bonds is 3. The van der Waals surface area contributed by atoms with Gasteiger partial charge in [0.05, 0.1) is 11.0 Å². The van der Waals surface area contributed by atoms with Gasteiger partial charge >= 0.3 is 0 Å². The minimum atomic E-state index is 0.572. The van der Waals surface area contributed by atoms with E-state index in [2.05, 4.69) is 11.3 Å². The third-order valence-electron chi connectivity index (χ3n) is 2.88. The van der Waals surface area contributed by atoms with Crippen LogP contribution in [0.4, 0.5) is 0 Å². The van der Waals surface area contributed by atoms with Crippen molar-refractivity contribution >= 4 is 11.0 Å². The molecular formula is C15H13N2O. The molecule has 3 aromatic rings. The van der Waals surface area contributed by atoms with Gasteiger partial charge in [-0.15, -0.1) is 0 Å². The summed E-state index contributed by atoms with van der Waals surface area (Å²) in [6.45, 7) is 0.572. The predicted octanol–water partition coefficient (Wildman–Crippen LogP) is 2.95. The van der Waals surface area contributed by atoms with Crippen LogP contribution in [-0.4, -0.2) is 9.55 Å². The Morgan fingerprint density at radius 2 is 2.00 bits per heavy atom. The smallest absolute Gasteiger partial charge is 0.177 e. The molecule has 2 aromatic carbocycles. The molecule has 1 radical (unpaired) electrons. The van der Waals surface area contributed by atoms with E-state index < -0.39 is 0 Å². The average Bonchev–Trinajstić information content (AvgIpc) is 2.79. The molecule has 1 heterocycles. The summed E-state index contributed by atoms with van der Waals surface area (Å²) in [5.41, 5.74) is 3.12. The molecule has 0 aliphatic heterocycles. The van der Waals surface area contributed by atoms with Crippen molar-refractivity contribution in [3.8, 4) is 5.75 Å². The minimum absolute atomic E-state index is 0.572. The van der Waals surface area contributed by atoms with Crippen LogP contribution in [0.3, 0.4) is 0 Å². The van der Waals surface area contributed by atoms with Gasteiger partial charge in [0.2, 0.25) is 0 Å². The zero-order chi connectivity index (χ0) is 12.4. The van der Waals surface area contributed by atoms with Crippen LogP contribution in [0, 0.1) is 6.33 Å². The predicted molar refractivity (Wildman–Crippen MR) is 70.3 cm³/mol. The van der Waals surface area contributed by atoms with Gasteiger partial charge in [0.15, 0.2) is 6.33 Å². The van der Waals surface area contributed by atoms with Gasteiger partial charge in [-0.1, -0.05) is 30.3 Å². The van der Waals surface area contributed by atoms with Crippen LogP contribution in [0.15, 0.2) is 48.5 Å². The second-order valence-electron chi connectivity index (χ2n) is 4.20. The highest BCUT2D eigenvalue weighted by Gasteiger charge is 2.02. The first-order valence-electron chi connectivity index (χ1n) is 5.84. The fourth-order valence-corrected chi connectivity index (χ4v) is 1.89. The van der Waals surface area contributed by atoms with E-state index in [4.69, 9.17) is 4.74 Å². The molecule has 0 N–H and O–H groups in total. The lowest BCUT2D eigenvalue weighted by Gasteiger charge is -2.06. The maximum atomic E-state index is 5.75. The van der Waals surface area contributed by atoms with Gasteiger partial charge in [-0.3, -0.25) is 0 Å². The Morgan fingerprint density at radius 3 is 2.83 bits per heavy atom. The molecule has 0 aliphatic rings. The number of hydrogen-bond acceptors (Lipinski definition) is 2. The number of aromatic nitrogens is 2. The first-order valence-corrected chi connectivity index (χ1v) is 5.84. The number of hydrogen-bond donors (Lipinski definition) is 0. The molecule has 3 rings (SSSR count). The van der Waals surface area contributed by atoms with Crippen LogP contribution >= 0.6 is 0 Å². The van der Waals surface area contributed by atoms with Gasteiger partial charge in [-0.25, -0.2) is 4.98 Å². The van der Waals surface area contributed by atoms with E-state index in [1.54, 1.807) is 0 Å². The SMILES string of the molecule is Cn1[c]nc2cc(OCc3ccccc3)ccc21. The summed E-state index contributed by atoms with van der Waals surface area (Å²) in [5, 5.41) is 0. The summed E-state index contributed by atoms with van der Waals surface area (Å²) in [4.78, 5) is 4.19. The molecule has 18 heavy (non-hydrogen) atoms. The summed E-state index contributed by atoms with van der Waals surface area (Å²) >= 11 is 0. The molecule has 0 saturated carbocycles. The van der Waals surface area contributed by atoms with Crippen molar-refractivity contribution in [3.63, 3.8) is 0 Å². The summed E-state index contributed by atoms with van der Waals surface area (Å²) in [6, 6.07) is 16.0.